The smallest absolute Gasteiger partial charge is 0.410 e. The van der Waals surface area contributed by atoms with Crippen LogP contribution in [0.1, 0.15) is 31.7 Å². The maximum Gasteiger partial charge on any atom is 0.410 e. The minimum Gasteiger partial charge on any atom is -0.445 e. The Hall–Kier alpha value is -1.55. The first-order valence-corrected chi connectivity index (χ1v) is 7.48. The summed E-state index contributed by atoms with van der Waals surface area (Å²) in [6.07, 6.45) is 2.99. The summed E-state index contributed by atoms with van der Waals surface area (Å²) in [5.41, 5.74) is 1.03. The third-order valence-corrected chi connectivity index (χ3v) is 3.64. The third-order valence-electron chi connectivity index (χ3n) is 3.64. The van der Waals surface area contributed by atoms with Gasteiger partial charge in [0.1, 0.15) is 6.61 Å². The molecule has 1 aromatic rings. The highest BCUT2D eigenvalue weighted by molar-refractivity contribution is 5.67. The van der Waals surface area contributed by atoms with Crippen molar-refractivity contribution in [3.05, 3.63) is 35.9 Å². The van der Waals surface area contributed by atoms with Crippen molar-refractivity contribution in [2.45, 2.75) is 38.8 Å². The van der Waals surface area contributed by atoms with Crippen LogP contribution < -0.4 is 5.32 Å². The molecule has 1 N–H and O–H groups in total. The Morgan fingerprint density at radius 2 is 2.00 bits per heavy atom. The number of rotatable bonds is 5. The van der Waals surface area contributed by atoms with Crippen LogP contribution in [0.4, 0.5) is 4.79 Å². The second kappa shape index (κ2) is 7.90. The van der Waals surface area contributed by atoms with Gasteiger partial charge in [0.2, 0.25) is 0 Å². The molecule has 1 amide bonds. The summed E-state index contributed by atoms with van der Waals surface area (Å²) in [6.45, 7) is 5.16. The van der Waals surface area contributed by atoms with Crippen LogP contribution in [0.2, 0.25) is 0 Å². The average molecular weight is 276 g/mol. The predicted octanol–water partition coefficient (Wildman–Crippen LogP) is 2.79. The van der Waals surface area contributed by atoms with Crippen molar-refractivity contribution in [1.29, 1.82) is 0 Å². The molecule has 110 valence electrons. The van der Waals surface area contributed by atoms with E-state index in [0.29, 0.717) is 12.6 Å². The van der Waals surface area contributed by atoms with Gasteiger partial charge in [-0.25, -0.2) is 4.79 Å². The molecule has 2 rings (SSSR count). The molecule has 0 radical (unpaired) electrons. The number of ether oxygens (including phenoxy) is 1. The van der Waals surface area contributed by atoms with Crippen molar-refractivity contribution in [2.24, 2.45) is 0 Å². The fourth-order valence-electron chi connectivity index (χ4n) is 2.43. The van der Waals surface area contributed by atoms with Crippen molar-refractivity contribution >= 4 is 6.09 Å². The normalized spacial score (nSPS) is 16.1. The lowest BCUT2D eigenvalue weighted by molar-refractivity contribution is 0.0853. The summed E-state index contributed by atoms with van der Waals surface area (Å²) < 4.78 is 5.35. The van der Waals surface area contributed by atoms with Gasteiger partial charge in [-0.2, -0.15) is 0 Å². The van der Waals surface area contributed by atoms with Gasteiger partial charge in [-0.3, -0.25) is 0 Å². The van der Waals surface area contributed by atoms with Crippen molar-refractivity contribution < 1.29 is 9.53 Å². The topological polar surface area (TPSA) is 41.6 Å². The van der Waals surface area contributed by atoms with E-state index in [9.17, 15) is 4.79 Å². The second-order valence-electron chi connectivity index (χ2n) is 5.26. The van der Waals surface area contributed by atoms with Crippen molar-refractivity contribution in [1.82, 2.24) is 10.2 Å². The summed E-state index contributed by atoms with van der Waals surface area (Å²) in [4.78, 5) is 13.8. The van der Waals surface area contributed by atoms with E-state index in [2.05, 4.69) is 12.2 Å². The van der Waals surface area contributed by atoms with Gasteiger partial charge in [-0.15, -0.1) is 0 Å². The molecule has 0 spiro atoms. The van der Waals surface area contributed by atoms with Gasteiger partial charge >= 0.3 is 6.09 Å². The molecule has 1 aliphatic rings. The van der Waals surface area contributed by atoms with Crippen molar-refractivity contribution in [2.75, 3.05) is 19.6 Å². The van der Waals surface area contributed by atoms with E-state index in [-0.39, 0.29) is 6.09 Å². The number of amides is 1. The molecule has 0 unspecified atom stereocenters. The largest absolute Gasteiger partial charge is 0.445 e. The van der Waals surface area contributed by atoms with Crippen LogP contribution in [0.3, 0.4) is 0 Å². The highest BCUT2D eigenvalue weighted by Crippen LogP contribution is 2.12. The second-order valence-corrected chi connectivity index (χ2v) is 5.26. The minimum atomic E-state index is -0.192. The molecule has 0 bridgehead atoms. The van der Waals surface area contributed by atoms with Crippen LogP contribution in [0.25, 0.3) is 0 Å². The quantitative estimate of drug-likeness (QED) is 0.899. The van der Waals surface area contributed by atoms with Gasteiger partial charge in [0.15, 0.2) is 0 Å². The molecule has 1 saturated heterocycles. The summed E-state index contributed by atoms with van der Waals surface area (Å²) in [5.74, 6) is 0. The Kier molecular flexibility index (Phi) is 5.87. The van der Waals surface area contributed by atoms with Gasteiger partial charge in [0.05, 0.1) is 0 Å². The number of nitrogens with zero attached hydrogens (tertiary/aromatic N) is 1. The summed E-state index contributed by atoms with van der Waals surface area (Å²) in [5, 5.41) is 3.51. The zero-order valence-corrected chi connectivity index (χ0v) is 12.2. The van der Waals surface area contributed by atoms with Gasteiger partial charge in [0, 0.05) is 19.1 Å². The SMILES string of the molecule is CCCNC1CCN(C(=O)OCc2ccccc2)CC1. The standard InChI is InChI=1S/C16H24N2O2/c1-2-10-17-15-8-11-18(12-9-15)16(19)20-13-14-6-4-3-5-7-14/h3-7,15,17H,2,8-13H2,1H3. The number of carbonyl (C=O) groups excluding carboxylic acids is 1. The van der Waals surface area contributed by atoms with Crippen molar-refractivity contribution in [3.63, 3.8) is 0 Å². The van der Waals surface area contributed by atoms with Crippen LogP contribution >= 0.6 is 0 Å². The first-order valence-electron chi connectivity index (χ1n) is 7.48. The molecule has 0 aliphatic carbocycles. The lowest BCUT2D eigenvalue weighted by atomic mass is 10.1. The molecule has 1 heterocycles. The fraction of sp³-hybridized carbons (Fsp3) is 0.562. The minimum absolute atomic E-state index is 0.192. The highest BCUT2D eigenvalue weighted by atomic mass is 16.6. The van der Waals surface area contributed by atoms with E-state index < -0.39 is 0 Å². The van der Waals surface area contributed by atoms with Gasteiger partial charge < -0.3 is 15.0 Å². The van der Waals surface area contributed by atoms with E-state index in [1.165, 1.54) is 0 Å². The Labute approximate surface area is 121 Å². The molecule has 1 aromatic carbocycles. The number of piperidine rings is 1. The number of nitrogens with one attached hydrogen (secondary N) is 1. The first-order chi connectivity index (χ1) is 9.79. The molecular formula is C16H24N2O2. The van der Waals surface area contributed by atoms with E-state index in [4.69, 9.17) is 4.74 Å². The maximum atomic E-state index is 12.0. The van der Waals surface area contributed by atoms with E-state index in [0.717, 1.165) is 44.5 Å². The van der Waals surface area contributed by atoms with Crippen LogP contribution in [0.5, 0.6) is 0 Å². The Bertz CT molecular complexity index is 400. The molecule has 20 heavy (non-hydrogen) atoms. The highest BCUT2D eigenvalue weighted by Gasteiger charge is 2.23. The summed E-state index contributed by atoms with van der Waals surface area (Å²) in [7, 11) is 0. The van der Waals surface area contributed by atoms with Crippen LogP contribution in [0, 0.1) is 0 Å². The van der Waals surface area contributed by atoms with E-state index >= 15 is 0 Å². The summed E-state index contributed by atoms with van der Waals surface area (Å²) in [6, 6.07) is 10.3. The first kappa shape index (κ1) is 14.9. The molecule has 0 atom stereocenters. The number of benzene rings is 1. The van der Waals surface area contributed by atoms with Gasteiger partial charge in [-0.05, 0) is 31.4 Å². The number of hydrogen-bond acceptors (Lipinski definition) is 3. The van der Waals surface area contributed by atoms with E-state index in [1.807, 2.05) is 35.2 Å². The molecule has 0 aromatic heterocycles. The molecule has 0 saturated carbocycles. The van der Waals surface area contributed by atoms with E-state index in [1.54, 1.807) is 0 Å². The van der Waals surface area contributed by atoms with Crippen LogP contribution in [-0.2, 0) is 11.3 Å². The number of likely N-dealkylation sites (tertiary alicyclic amines) is 1. The van der Waals surface area contributed by atoms with Gasteiger partial charge in [0.25, 0.3) is 0 Å². The Morgan fingerprint density at radius 1 is 1.30 bits per heavy atom. The third kappa shape index (κ3) is 4.53. The lowest BCUT2D eigenvalue weighted by Gasteiger charge is -2.31. The number of hydrogen-bond donors (Lipinski definition) is 1. The molecule has 1 fully saturated rings. The fourth-order valence-corrected chi connectivity index (χ4v) is 2.43. The lowest BCUT2D eigenvalue weighted by Crippen LogP contribution is -2.45. The summed E-state index contributed by atoms with van der Waals surface area (Å²) >= 11 is 0. The monoisotopic (exact) mass is 276 g/mol. The zero-order chi connectivity index (χ0) is 14.2. The Balaban J connectivity index is 1.69. The average Bonchev–Trinajstić information content (AvgIpc) is 2.52. The Morgan fingerprint density at radius 3 is 2.65 bits per heavy atom. The number of carbonyl (C=O) groups is 1. The maximum absolute atomic E-state index is 12.0. The predicted molar refractivity (Wildman–Crippen MR) is 79.5 cm³/mol. The molecular weight excluding hydrogens is 252 g/mol. The van der Waals surface area contributed by atoms with Crippen molar-refractivity contribution in [3.8, 4) is 0 Å². The van der Waals surface area contributed by atoms with Gasteiger partial charge in [-0.1, -0.05) is 37.3 Å². The van der Waals surface area contributed by atoms with Crippen LogP contribution in [-0.4, -0.2) is 36.7 Å². The molecule has 4 nitrogen and oxygen atoms in total. The molecule has 4 heteroatoms. The van der Waals surface area contributed by atoms with Crippen LogP contribution in [0.15, 0.2) is 30.3 Å². The zero-order valence-electron chi connectivity index (χ0n) is 12.2. The molecule has 1 aliphatic heterocycles.